The van der Waals surface area contributed by atoms with Crippen molar-refractivity contribution in [1.29, 1.82) is 0 Å². The maximum atomic E-state index is 12.8. The maximum absolute atomic E-state index is 12.8. The second-order valence-corrected chi connectivity index (χ2v) is 6.06. The first-order valence-electron chi connectivity index (χ1n) is 4.76. The quantitative estimate of drug-likeness (QED) is 0.709. The van der Waals surface area contributed by atoms with Crippen molar-refractivity contribution >= 4 is 17.7 Å². The van der Waals surface area contributed by atoms with Crippen LogP contribution in [0.2, 0.25) is 0 Å². The Balaban J connectivity index is 2.75. The number of hydrogen-bond donors (Lipinski definition) is 0. The fourth-order valence-electron chi connectivity index (χ4n) is 1.49. The van der Waals surface area contributed by atoms with E-state index in [4.69, 9.17) is 0 Å². The molecule has 1 fully saturated rings. The van der Waals surface area contributed by atoms with E-state index in [0.717, 1.165) is 4.90 Å². The molecule has 0 aromatic rings. The molecule has 0 atom stereocenters. The molecule has 7 heteroatoms. The highest BCUT2D eigenvalue weighted by molar-refractivity contribution is 8.00. The molecule has 1 heterocycles. The van der Waals surface area contributed by atoms with Gasteiger partial charge >= 0.3 is 12.3 Å². The van der Waals surface area contributed by atoms with Gasteiger partial charge in [-0.25, -0.2) is 8.78 Å². The molecule has 0 aliphatic carbocycles. The van der Waals surface area contributed by atoms with Crippen LogP contribution in [-0.2, 0) is 4.79 Å². The summed E-state index contributed by atoms with van der Waals surface area (Å²) in [6.45, 7) is 3.74. The van der Waals surface area contributed by atoms with Gasteiger partial charge in [-0.1, -0.05) is 0 Å². The first-order valence-corrected chi connectivity index (χ1v) is 5.75. The van der Waals surface area contributed by atoms with Gasteiger partial charge in [-0.05, 0) is 13.8 Å². The third-order valence-corrected chi connectivity index (χ3v) is 3.57. The molecule has 0 spiro atoms. The zero-order valence-electron chi connectivity index (χ0n) is 8.97. The first-order chi connectivity index (χ1) is 7.17. The molecule has 0 N–H and O–H groups in total. The number of alkyl halides is 4. The fraction of sp³-hybridized carbons (Fsp3) is 0.889. The predicted octanol–water partition coefficient (Wildman–Crippen LogP) is 2.24. The Morgan fingerprint density at radius 3 is 2.44 bits per heavy atom. The molecular formula is C9H13F4NOS. The smallest absolute Gasteiger partial charge is 0.335 e. The average molecular weight is 259 g/mol. The third kappa shape index (κ3) is 2.81. The Morgan fingerprint density at radius 1 is 1.44 bits per heavy atom. The van der Waals surface area contributed by atoms with Crippen LogP contribution in [0.1, 0.15) is 13.8 Å². The molecule has 1 aliphatic heterocycles. The lowest BCUT2D eigenvalue weighted by Gasteiger charge is -2.38. The number of halogens is 4. The standard InChI is InChI=1S/C9H13F4NOS/c1-8(2)5-14(3-4-16-8)7(15)9(12,13)6(10)11/h6H,3-5H2,1-2H3. The molecule has 1 saturated heterocycles. The minimum Gasteiger partial charge on any atom is -0.335 e. The monoisotopic (exact) mass is 259 g/mol. The van der Waals surface area contributed by atoms with E-state index in [2.05, 4.69) is 0 Å². The highest BCUT2D eigenvalue weighted by Crippen LogP contribution is 2.33. The highest BCUT2D eigenvalue weighted by atomic mass is 32.2. The molecule has 0 bridgehead atoms. The van der Waals surface area contributed by atoms with Crippen molar-refractivity contribution in [3.8, 4) is 0 Å². The topological polar surface area (TPSA) is 20.3 Å². The lowest BCUT2D eigenvalue weighted by Crippen LogP contribution is -2.54. The summed E-state index contributed by atoms with van der Waals surface area (Å²) in [5.41, 5.74) is 0. The molecule has 1 aliphatic rings. The van der Waals surface area contributed by atoms with E-state index in [-0.39, 0.29) is 17.8 Å². The van der Waals surface area contributed by atoms with Crippen LogP contribution in [0, 0.1) is 0 Å². The second kappa shape index (κ2) is 4.43. The molecule has 0 saturated carbocycles. The molecule has 2 nitrogen and oxygen atoms in total. The SMILES string of the molecule is CC1(C)CN(C(=O)C(F)(F)C(F)F)CCS1. The molecule has 0 radical (unpaired) electrons. The van der Waals surface area contributed by atoms with Crippen molar-refractivity contribution in [3.05, 3.63) is 0 Å². The fourth-order valence-corrected chi connectivity index (χ4v) is 2.61. The number of nitrogens with zero attached hydrogens (tertiary/aromatic N) is 1. The highest BCUT2D eigenvalue weighted by Gasteiger charge is 2.52. The Bertz CT molecular complexity index is 283. The number of hydrogen-bond acceptors (Lipinski definition) is 2. The van der Waals surface area contributed by atoms with Crippen molar-refractivity contribution < 1.29 is 22.4 Å². The summed E-state index contributed by atoms with van der Waals surface area (Å²) in [7, 11) is 0. The summed E-state index contributed by atoms with van der Waals surface area (Å²) in [6, 6.07) is 0. The zero-order valence-corrected chi connectivity index (χ0v) is 9.79. The van der Waals surface area contributed by atoms with Gasteiger partial charge in [-0.3, -0.25) is 4.79 Å². The molecule has 94 valence electrons. The van der Waals surface area contributed by atoms with E-state index in [0.29, 0.717) is 5.75 Å². The Hall–Kier alpha value is -0.460. The number of carbonyl (C=O) groups excluding carboxylic acids is 1. The molecule has 1 amide bonds. The van der Waals surface area contributed by atoms with Gasteiger partial charge in [0.1, 0.15) is 0 Å². The summed E-state index contributed by atoms with van der Waals surface area (Å²) in [5, 5.41) is 0. The first kappa shape index (κ1) is 13.6. The van der Waals surface area contributed by atoms with Crippen LogP contribution >= 0.6 is 11.8 Å². The minimum absolute atomic E-state index is 0.0683. The van der Waals surface area contributed by atoms with Crippen LogP contribution in [-0.4, -0.2) is 46.7 Å². The number of carbonyl (C=O) groups is 1. The van der Waals surface area contributed by atoms with Crippen LogP contribution in [0.15, 0.2) is 0 Å². The molecular weight excluding hydrogens is 246 g/mol. The van der Waals surface area contributed by atoms with Gasteiger partial charge in [0.05, 0.1) is 0 Å². The van der Waals surface area contributed by atoms with Crippen molar-refractivity contribution in [1.82, 2.24) is 4.90 Å². The number of thioether (sulfide) groups is 1. The minimum atomic E-state index is -4.57. The maximum Gasteiger partial charge on any atom is 0.383 e. The van der Waals surface area contributed by atoms with Crippen LogP contribution in [0.3, 0.4) is 0 Å². The molecule has 1 rings (SSSR count). The largest absolute Gasteiger partial charge is 0.383 e. The van der Waals surface area contributed by atoms with Crippen LogP contribution in [0.25, 0.3) is 0 Å². The van der Waals surface area contributed by atoms with Gasteiger partial charge in [-0.15, -0.1) is 0 Å². The van der Waals surface area contributed by atoms with E-state index in [1.807, 2.05) is 0 Å². The van der Waals surface area contributed by atoms with E-state index in [1.54, 1.807) is 13.8 Å². The molecule has 16 heavy (non-hydrogen) atoms. The summed E-state index contributed by atoms with van der Waals surface area (Å²) < 4.78 is 49.3. The van der Waals surface area contributed by atoms with Crippen molar-refractivity contribution in [2.24, 2.45) is 0 Å². The van der Waals surface area contributed by atoms with Crippen molar-refractivity contribution in [3.63, 3.8) is 0 Å². The average Bonchev–Trinajstić information content (AvgIpc) is 2.14. The lowest BCUT2D eigenvalue weighted by atomic mass is 10.1. The van der Waals surface area contributed by atoms with Crippen LogP contribution in [0.4, 0.5) is 17.6 Å². The van der Waals surface area contributed by atoms with Gasteiger partial charge in [0.15, 0.2) is 0 Å². The number of amides is 1. The number of rotatable bonds is 2. The predicted molar refractivity (Wildman–Crippen MR) is 54.1 cm³/mol. The zero-order chi connectivity index (χ0) is 12.6. The van der Waals surface area contributed by atoms with E-state index in [1.165, 1.54) is 11.8 Å². The Morgan fingerprint density at radius 2 is 2.00 bits per heavy atom. The van der Waals surface area contributed by atoms with Crippen molar-refractivity contribution in [2.45, 2.75) is 30.9 Å². The van der Waals surface area contributed by atoms with Crippen molar-refractivity contribution in [2.75, 3.05) is 18.8 Å². The summed E-state index contributed by atoms with van der Waals surface area (Å²) in [5.74, 6) is -5.85. The van der Waals surface area contributed by atoms with Crippen LogP contribution < -0.4 is 0 Å². The van der Waals surface area contributed by atoms with Gasteiger partial charge < -0.3 is 4.90 Å². The normalized spacial score (nSPS) is 21.3. The van der Waals surface area contributed by atoms with E-state index in [9.17, 15) is 22.4 Å². The molecule has 0 unspecified atom stereocenters. The summed E-state index contributed by atoms with van der Waals surface area (Å²) >= 11 is 1.53. The summed E-state index contributed by atoms with van der Waals surface area (Å²) in [6.07, 6.45) is -3.95. The summed E-state index contributed by atoms with van der Waals surface area (Å²) in [4.78, 5) is 12.1. The van der Waals surface area contributed by atoms with Crippen LogP contribution in [0.5, 0.6) is 0 Å². The van der Waals surface area contributed by atoms with Gasteiger partial charge in [0.2, 0.25) is 0 Å². The Labute approximate surface area is 95.4 Å². The third-order valence-electron chi connectivity index (χ3n) is 2.27. The lowest BCUT2D eigenvalue weighted by molar-refractivity contribution is -0.180. The van der Waals surface area contributed by atoms with E-state index >= 15 is 0 Å². The molecule has 0 aromatic carbocycles. The van der Waals surface area contributed by atoms with E-state index < -0.39 is 18.3 Å². The second-order valence-electron chi connectivity index (χ2n) is 4.26. The van der Waals surface area contributed by atoms with Gasteiger partial charge in [0, 0.05) is 23.6 Å². The van der Waals surface area contributed by atoms with Gasteiger partial charge in [0.25, 0.3) is 5.91 Å². The molecule has 0 aromatic heterocycles. The Kier molecular flexibility index (Phi) is 3.76. The van der Waals surface area contributed by atoms with Gasteiger partial charge in [-0.2, -0.15) is 20.5 Å².